The second-order valence-electron chi connectivity index (χ2n) is 3.91. The van der Waals surface area contributed by atoms with Crippen molar-refractivity contribution in [1.29, 1.82) is 0 Å². The lowest BCUT2D eigenvalue weighted by Gasteiger charge is -2.05. The van der Waals surface area contributed by atoms with Crippen LogP contribution in [0.15, 0.2) is 12.4 Å². The number of aromatic nitrogens is 5. The van der Waals surface area contributed by atoms with Gasteiger partial charge < -0.3 is 5.32 Å². The van der Waals surface area contributed by atoms with Crippen molar-refractivity contribution in [3.05, 3.63) is 23.8 Å². The molecule has 1 N–H and O–H groups in total. The van der Waals surface area contributed by atoms with E-state index >= 15 is 0 Å². The Morgan fingerprint density at radius 2 is 2.18 bits per heavy atom. The third-order valence-electron chi connectivity index (χ3n) is 2.62. The van der Waals surface area contributed by atoms with E-state index in [-0.39, 0.29) is 0 Å². The molecule has 0 aliphatic heterocycles. The van der Waals surface area contributed by atoms with Gasteiger partial charge in [-0.3, -0.25) is 4.68 Å². The normalized spacial score (nSPS) is 11.0. The number of hydrogen-bond acceptors (Lipinski definition) is 4. The molecular formula is C11H18N6. The van der Waals surface area contributed by atoms with Gasteiger partial charge >= 0.3 is 0 Å². The summed E-state index contributed by atoms with van der Waals surface area (Å²) in [4.78, 5) is 0. The second kappa shape index (κ2) is 5.09. The van der Waals surface area contributed by atoms with Gasteiger partial charge in [0, 0.05) is 13.6 Å². The Hall–Kier alpha value is -1.69. The molecule has 0 bridgehead atoms. The number of nitrogens with one attached hydrogen (secondary N) is 1. The summed E-state index contributed by atoms with van der Waals surface area (Å²) in [5.74, 6) is 0. The van der Waals surface area contributed by atoms with Crippen LogP contribution in [0.25, 0.3) is 5.69 Å². The Bertz CT molecular complexity index is 484. The fourth-order valence-corrected chi connectivity index (χ4v) is 1.78. The van der Waals surface area contributed by atoms with Gasteiger partial charge in [0.15, 0.2) is 0 Å². The van der Waals surface area contributed by atoms with Crippen LogP contribution < -0.4 is 5.32 Å². The molecule has 0 aliphatic carbocycles. The van der Waals surface area contributed by atoms with E-state index in [1.165, 1.54) is 0 Å². The first-order valence-corrected chi connectivity index (χ1v) is 5.89. The van der Waals surface area contributed by atoms with Gasteiger partial charge in [-0.15, -0.1) is 5.10 Å². The Balaban J connectivity index is 2.35. The van der Waals surface area contributed by atoms with Crippen LogP contribution in [-0.4, -0.2) is 31.3 Å². The molecule has 0 atom stereocenters. The molecule has 0 unspecified atom stereocenters. The highest BCUT2D eigenvalue weighted by Crippen LogP contribution is 2.14. The average molecular weight is 234 g/mol. The fourth-order valence-electron chi connectivity index (χ4n) is 1.78. The van der Waals surface area contributed by atoms with Crippen LogP contribution in [0.1, 0.15) is 25.2 Å². The van der Waals surface area contributed by atoms with Crippen molar-refractivity contribution >= 4 is 0 Å². The van der Waals surface area contributed by atoms with Crippen molar-refractivity contribution in [3.63, 3.8) is 0 Å². The zero-order valence-corrected chi connectivity index (χ0v) is 10.5. The topological polar surface area (TPSA) is 60.6 Å². The molecule has 2 heterocycles. The fraction of sp³-hybridized carbons (Fsp3) is 0.545. The SMILES string of the molecule is CCNCc1cnnn1-c1cn(C)nc1CC. The number of aryl methyl sites for hydroxylation is 2. The van der Waals surface area contributed by atoms with Crippen molar-refractivity contribution in [2.24, 2.45) is 7.05 Å². The van der Waals surface area contributed by atoms with E-state index in [0.717, 1.165) is 36.6 Å². The first-order chi connectivity index (χ1) is 8.26. The minimum Gasteiger partial charge on any atom is -0.311 e. The predicted molar refractivity (Wildman–Crippen MR) is 64.9 cm³/mol. The number of nitrogens with zero attached hydrogens (tertiary/aromatic N) is 5. The monoisotopic (exact) mass is 234 g/mol. The Morgan fingerprint density at radius 3 is 2.88 bits per heavy atom. The van der Waals surface area contributed by atoms with Gasteiger partial charge in [-0.2, -0.15) is 5.10 Å². The Kier molecular flexibility index (Phi) is 3.53. The molecule has 2 aromatic heterocycles. The molecule has 0 aromatic carbocycles. The lowest BCUT2D eigenvalue weighted by Crippen LogP contribution is -2.15. The molecule has 6 nitrogen and oxygen atoms in total. The van der Waals surface area contributed by atoms with Gasteiger partial charge in [0.25, 0.3) is 0 Å². The smallest absolute Gasteiger partial charge is 0.108 e. The van der Waals surface area contributed by atoms with Crippen LogP contribution in [0.5, 0.6) is 0 Å². The quantitative estimate of drug-likeness (QED) is 0.826. The summed E-state index contributed by atoms with van der Waals surface area (Å²) in [5.41, 5.74) is 3.10. The van der Waals surface area contributed by atoms with Gasteiger partial charge in [-0.25, -0.2) is 4.68 Å². The minimum absolute atomic E-state index is 0.765. The molecule has 2 rings (SSSR count). The summed E-state index contributed by atoms with van der Waals surface area (Å²) in [5, 5.41) is 15.8. The summed E-state index contributed by atoms with van der Waals surface area (Å²) in [6, 6.07) is 0. The van der Waals surface area contributed by atoms with E-state index in [4.69, 9.17) is 0 Å². The van der Waals surface area contributed by atoms with Crippen LogP contribution in [0.3, 0.4) is 0 Å². The molecule has 6 heteroatoms. The molecule has 92 valence electrons. The zero-order valence-electron chi connectivity index (χ0n) is 10.5. The lowest BCUT2D eigenvalue weighted by atomic mass is 10.3. The van der Waals surface area contributed by atoms with Gasteiger partial charge in [0.1, 0.15) is 5.69 Å². The highest BCUT2D eigenvalue weighted by atomic mass is 15.4. The maximum absolute atomic E-state index is 4.41. The van der Waals surface area contributed by atoms with Gasteiger partial charge in [0.05, 0.1) is 23.8 Å². The third-order valence-corrected chi connectivity index (χ3v) is 2.62. The van der Waals surface area contributed by atoms with E-state index in [0.29, 0.717) is 0 Å². The predicted octanol–water partition coefficient (Wildman–Crippen LogP) is 0.673. The summed E-state index contributed by atoms with van der Waals surface area (Å²) < 4.78 is 3.67. The number of hydrogen-bond donors (Lipinski definition) is 1. The molecule has 0 spiro atoms. The van der Waals surface area contributed by atoms with Crippen molar-refractivity contribution in [2.45, 2.75) is 26.8 Å². The van der Waals surface area contributed by atoms with E-state index < -0.39 is 0 Å². The first kappa shape index (κ1) is 11.8. The highest BCUT2D eigenvalue weighted by Gasteiger charge is 2.12. The van der Waals surface area contributed by atoms with E-state index in [2.05, 4.69) is 34.6 Å². The van der Waals surface area contributed by atoms with E-state index in [1.807, 2.05) is 22.6 Å². The standard InChI is InChI=1S/C11H18N6/c1-4-10-11(8-16(3)14-10)17-9(6-12-5-2)7-13-15-17/h7-8,12H,4-6H2,1-3H3. The molecule has 0 saturated carbocycles. The van der Waals surface area contributed by atoms with Crippen molar-refractivity contribution < 1.29 is 0 Å². The van der Waals surface area contributed by atoms with Crippen LogP contribution in [0, 0.1) is 0 Å². The van der Waals surface area contributed by atoms with Crippen molar-refractivity contribution in [1.82, 2.24) is 30.1 Å². The van der Waals surface area contributed by atoms with E-state index in [9.17, 15) is 0 Å². The Morgan fingerprint density at radius 1 is 1.35 bits per heavy atom. The molecule has 17 heavy (non-hydrogen) atoms. The van der Waals surface area contributed by atoms with Crippen LogP contribution in [0.2, 0.25) is 0 Å². The molecule has 0 saturated heterocycles. The minimum atomic E-state index is 0.765. The summed E-state index contributed by atoms with van der Waals surface area (Å²) >= 11 is 0. The third kappa shape index (κ3) is 2.36. The second-order valence-corrected chi connectivity index (χ2v) is 3.91. The number of rotatable bonds is 5. The highest BCUT2D eigenvalue weighted by molar-refractivity contribution is 5.34. The van der Waals surface area contributed by atoms with Gasteiger partial charge in [-0.1, -0.05) is 19.1 Å². The molecule has 2 aromatic rings. The molecule has 0 radical (unpaired) electrons. The van der Waals surface area contributed by atoms with Crippen LogP contribution in [0.4, 0.5) is 0 Å². The van der Waals surface area contributed by atoms with Gasteiger partial charge in [-0.05, 0) is 13.0 Å². The maximum Gasteiger partial charge on any atom is 0.108 e. The van der Waals surface area contributed by atoms with Gasteiger partial charge in [0.2, 0.25) is 0 Å². The summed E-state index contributed by atoms with van der Waals surface area (Å²) in [6.07, 6.45) is 4.65. The molecular weight excluding hydrogens is 216 g/mol. The zero-order chi connectivity index (χ0) is 12.3. The lowest BCUT2D eigenvalue weighted by molar-refractivity contribution is 0.670. The summed E-state index contributed by atoms with van der Waals surface area (Å²) in [7, 11) is 1.92. The largest absolute Gasteiger partial charge is 0.311 e. The van der Waals surface area contributed by atoms with E-state index in [1.54, 1.807) is 6.20 Å². The van der Waals surface area contributed by atoms with Crippen LogP contribution in [-0.2, 0) is 20.0 Å². The Labute approximate surface area is 101 Å². The first-order valence-electron chi connectivity index (χ1n) is 5.89. The summed E-state index contributed by atoms with van der Waals surface area (Å²) in [6.45, 7) is 5.86. The molecule has 0 fully saturated rings. The molecule has 0 amide bonds. The average Bonchev–Trinajstić information content (AvgIpc) is 2.91. The van der Waals surface area contributed by atoms with Crippen molar-refractivity contribution in [2.75, 3.05) is 6.54 Å². The molecule has 0 aliphatic rings. The maximum atomic E-state index is 4.41. The van der Waals surface area contributed by atoms with Crippen molar-refractivity contribution in [3.8, 4) is 5.69 Å². The van der Waals surface area contributed by atoms with Crippen LogP contribution >= 0.6 is 0 Å².